The van der Waals surface area contributed by atoms with Gasteiger partial charge in [-0.2, -0.15) is 0 Å². The van der Waals surface area contributed by atoms with E-state index in [1.807, 2.05) is 25.1 Å². The summed E-state index contributed by atoms with van der Waals surface area (Å²) in [6.07, 6.45) is 1.55. The van der Waals surface area contributed by atoms with Gasteiger partial charge in [-0.1, -0.05) is 6.07 Å². The fraction of sp³-hybridized carbons (Fsp3) is 0.200. The van der Waals surface area contributed by atoms with Crippen molar-refractivity contribution in [1.82, 2.24) is 9.55 Å². The van der Waals surface area contributed by atoms with Gasteiger partial charge in [0.15, 0.2) is 0 Å². The Kier molecular flexibility index (Phi) is 1.96. The molecule has 0 atom stereocenters. The molecule has 2 rings (SSSR count). The molecule has 0 aliphatic heterocycles. The molecule has 1 aromatic heterocycles. The lowest BCUT2D eigenvalue weighted by molar-refractivity contribution is -0.137. The first kappa shape index (κ1) is 8.74. The first-order valence-corrected chi connectivity index (χ1v) is 4.30. The number of hydrogen-bond donors (Lipinski definition) is 1. The Bertz CT molecular complexity index is 488. The van der Waals surface area contributed by atoms with Crippen molar-refractivity contribution in [3.05, 3.63) is 30.1 Å². The number of benzene rings is 1. The van der Waals surface area contributed by atoms with E-state index in [-0.39, 0.29) is 6.54 Å². The van der Waals surface area contributed by atoms with Crippen molar-refractivity contribution in [2.75, 3.05) is 0 Å². The van der Waals surface area contributed by atoms with Crippen LogP contribution in [0.25, 0.3) is 11.0 Å². The maximum absolute atomic E-state index is 10.5. The zero-order valence-corrected chi connectivity index (χ0v) is 7.77. The molecule has 0 fully saturated rings. The molecule has 14 heavy (non-hydrogen) atoms. The molecule has 0 unspecified atom stereocenters. The molecule has 1 N–H and O–H groups in total. The molecule has 2 aromatic rings. The quantitative estimate of drug-likeness (QED) is 0.779. The molecule has 1 heterocycles. The predicted octanol–water partition coefficient (Wildman–Crippen LogP) is 1.43. The number of nitrogens with zero attached hydrogens (tertiary/aromatic N) is 2. The van der Waals surface area contributed by atoms with Crippen LogP contribution in [0.4, 0.5) is 0 Å². The van der Waals surface area contributed by atoms with Crippen LogP contribution in [-0.2, 0) is 11.3 Å². The topological polar surface area (TPSA) is 55.1 Å². The summed E-state index contributed by atoms with van der Waals surface area (Å²) in [4.78, 5) is 14.7. The molecule has 0 saturated heterocycles. The van der Waals surface area contributed by atoms with E-state index >= 15 is 0 Å². The van der Waals surface area contributed by atoms with Crippen LogP contribution in [0.5, 0.6) is 0 Å². The number of imidazole rings is 1. The fourth-order valence-electron chi connectivity index (χ4n) is 1.45. The molecule has 1 aromatic carbocycles. The fourth-order valence-corrected chi connectivity index (χ4v) is 1.45. The van der Waals surface area contributed by atoms with E-state index < -0.39 is 5.97 Å². The van der Waals surface area contributed by atoms with Crippen molar-refractivity contribution in [2.24, 2.45) is 0 Å². The Morgan fingerprint density at radius 1 is 1.57 bits per heavy atom. The third kappa shape index (κ3) is 1.46. The smallest absolute Gasteiger partial charge is 0.323 e. The second-order valence-electron chi connectivity index (χ2n) is 3.26. The Balaban J connectivity index is 2.52. The van der Waals surface area contributed by atoms with Crippen LogP contribution in [0, 0.1) is 6.92 Å². The van der Waals surface area contributed by atoms with Gasteiger partial charge >= 0.3 is 5.97 Å². The highest BCUT2D eigenvalue weighted by Crippen LogP contribution is 2.13. The largest absolute Gasteiger partial charge is 0.480 e. The highest BCUT2D eigenvalue weighted by atomic mass is 16.4. The number of fused-ring (bicyclic) bond motifs is 1. The van der Waals surface area contributed by atoms with E-state index in [0.29, 0.717) is 0 Å². The molecule has 0 aliphatic rings. The second-order valence-corrected chi connectivity index (χ2v) is 3.26. The molecular weight excluding hydrogens is 180 g/mol. The second kappa shape index (κ2) is 3.14. The molecule has 4 heteroatoms. The zero-order chi connectivity index (χ0) is 10.1. The Morgan fingerprint density at radius 2 is 2.36 bits per heavy atom. The van der Waals surface area contributed by atoms with E-state index in [9.17, 15) is 4.79 Å². The number of carbonyl (C=O) groups is 1. The molecule has 72 valence electrons. The first-order chi connectivity index (χ1) is 6.66. The van der Waals surface area contributed by atoms with Crippen LogP contribution in [0.1, 0.15) is 5.56 Å². The van der Waals surface area contributed by atoms with E-state index in [0.717, 1.165) is 16.6 Å². The van der Waals surface area contributed by atoms with Gasteiger partial charge in [-0.15, -0.1) is 0 Å². The van der Waals surface area contributed by atoms with Gasteiger partial charge in [0, 0.05) is 0 Å². The molecular formula is C10H10N2O2. The molecule has 0 saturated carbocycles. The third-order valence-electron chi connectivity index (χ3n) is 2.08. The van der Waals surface area contributed by atoms with E-state index in [4.69, 9.17) is 5.11 Å². The van der Waals surface area contributed by atoms with Gasteiger partial charge in [-0.25, -0.2) is 4.98 Å². The number of carboxylic acid groups (broad SMARTS) is 1. The van der Waals surface area contributed by atoms with Gasteiger partial charge in [0.05, 0.1) is 17.4 Å². The zero-order valence-electron chi connectivity index (χ0n) is 7.77. The highest BCUT2D eigenvalue weighted by molar-refractivity contribution is 5.78. The molecule has 0 radical (unpaired) electrons. The maximum atomic E-state index is 10.5. The summed E-state index contributed by atoms with van der Waals surface area (Å²) in [5.41, 5.74) is 2.82. The van der Waals surface area contributed by atoms with Crippen molar-refractivity contribution < 1.29 is 9.90 Å². The summed E-state index contributed by atoms with van der Waals surface area (Å²) in [6.45, 7) is 1.94. The highest BCUT2D eigenvalue weighted by Gasteiger charge is 2.04. The summed E-state index contributed by atoms with van der Waals surface area (Å²) in [7, 11) is 0. The summed E-state index contributed by atoms with van der Waals surface area (Å²) in [5.74, 6) is -0.857. The van der Waals surface area contributed by atoms with Crippen LogP contribution in [0.2, 0.25) is 0 Å². The standard InChI is InChI=1S/C10H10N2O2/c1-7-2-3-9-8(4-7)11-6-12(9)5-10(13)14/h2-4,6H,5H2,1H3,(H,13,14). The van der Waals surface area contributed by atoms with Crippen molar-refractivity contribution in [2.45, 2.75) is 13.5 Å². The van der Waals surface area contributed by atoms with Gasteiger partial charge in [-0.05, 0) is 24.6 Å². The molecule has 0 aliphatic carbocycles. The lowest BCUT2D eigenvalue weighted by Gasteiger charge is -1.99. The Morgan fingerprint density at radius 3 is 3.07 bits per heavy atom. The number of hydrogen-bond acceptors (Lipinski definition) is 2. The molecule has 0 amide bonds. The third-order valence-corrected chi connectivity index (χ3v) is 2.08. The Labute approximate surface area is 80.8 Å². The average Bonchev–Trinajstić information content (AvgIpc) is 2.47. The normalized spacial score (nSPS) is 10.6. The van der Waals surface area contributed by atoms with Crippen LogP contribution in [0.3, 0.4) is 0 Å². The number of aromatic nitrogens is 2. The van der Waals surface area contributed by atoms with Crippen LogP contribution in [-0.4, -0.2) is 20.6 Å². The monoisotopic (exact) mass is 190 g/mol. The number of aryl methyl sites for hydroxylation is 1. The summed E-state index contributed by atoms with van der Waals surface area (Å²) < 4.78 is 1.62. The average molecular weight is 190 g/mol. The minimum Gasteiger partial charge on any atom is -0.480 e. The summed E-state index contributed by atoms with van der Waals surface area (Å²) in [6, 6.07) is 5.77. The van der Waals surface area contributed by atoms with Crippen LogP contribution < -0.4 is 0 Å². The number of rotatable bonds is 2. The van der Waals surface area contributed by atoms with Crippen molar-refractivity contribution >= 4 is 17.0 Å². The van der Waals surface area contributed by atoms with Gasteiger partial charge in [0.1, 0.15) is 6.54 Å². The molecule has 0 bridgehead atoms. The lowest BCUT2D eigenvalue weighted by Crippen LogP contribution is -2.07. The van der Waals surface area contributed by atoms with E-state index in [2.05, 4.69) is 4.98 Å². The minimum atomic E-state index is -0.857. The van der Waals surface area contributed by atoms with Gasteiger partial charge in [0.2, 0.25) is 0 Å². The van der Waals surface area contributed by atoms with Gasteiger partial charge in [-0.3, -0.25) is 4.79 Å². The van der Waals surface area contributed by atoms with E-state index in [1.54, 1.807) is 10.9 Å². The lowest BCUT2D eigenvalue weighted by atomic mass is 10.2. The molecule has 0 spiro atoms. The number of aliphatic carboxylic acids is 1. The van der Waals surface area contributed by atoms with Crippen molar-refractivity contribution in [1.29, 1.82) is 0 Å². The van der Waals surface area contributed by atoms with Gasteiger partial charge in [0.25, 0.3) is 0 Å². The summed E-state index contributed by atoms with van der Waals surface area (Å²) >= 11 is 0. The van der Waals surface area contributed by atoms with Crippen LogP contribution in [0.15, 0.2) is 24.5 Å². The minimum absolute atomic E-state index is 0.0421. The summed E-state index contributed by atoms with van der Waals surface area (Å²) in [5, 5.41) is 8.65. The van der Waals surface area contributed by atoms with Gasteiger partial charge < -0.3 is 9.67 Å². The van der Waals surface area contributed by atoms with Crippen molar-refractivity contribution in [3.8, 4) is 0 Å². The van der Waals surface area contributed by atoms with Crippen molar-refractivity contribution in [3.63, 3.8) is 0 Å². The molecule has 4 nitrogen and oxygen atoms in total. The van der Waals surface area contributed by atoms with E-state index in [1.165, 1.54) is 0 Å². The maximum Gasteiger partial charge on any atom is 0.323 e. The van der Waals surface area contributed by atoms with Crippen LogP contribution >= 0.6 is 0 Å². The Hall–Kier alpha value is -1.84. The predicted molar refractivity (Wildman–Crippen MR) is 52.1 cm³/mol. The first-order valence-electron chi connectivity index (χ1n) is 4.30. The number of carboxylic acids is 1. The SMILES string of the molecule is Cc1ccc2c(c1)ncn2CC(=O)O.